The van der Waals surface area contributed by atoms with Gasteiger partial charge in [-0.1, -0.05) is 6.07 Å². The molecule has 0 aliphatic carbocycles. The number of pyridine rings is 1. The fourth-order valence-corrected chi connectivity index (χ4v) is 3.78. The molecule has 4 rings (SSSR count). The zero-order valence-corrected chi connectivity index (χ0v) is 15.3. The number of carbonyl (C=O) groups excluding carboxylic acids is 2. The maximum atomic E-state index is 12.8. The quantitative estimate of drug-likeness (QED) is 0.843. The van der Waals surface area contributed by atoms with Crippen LogP contribution in [0.1, 0.15) is 46.7 Å². The first-order valence-corrected chi connectivity index (χ1v) is 9.59. The molecule has 8 nitrogen and oxygen atoms in total. The lowest BCUT2D eigenvalue weighted by molar-refractivity contribution is -0.181. The molecule has 2 amide bonds. The van der Waals surface area contributed by atoms with Crippen molar-refractivity contribution < 1.29 is 23.8 Å². The van der Waals surface area contributed by atoms with E-state index in [1.54, 1.807) is 23.1 Å². The lowest BCUT2D eigenvalue weighted by atomic mass is 10.0. The molecule has 3 fully saturated rings. The molecular formula is C19H25N3O5. The number of hydrogen-bond acceptors (Lipinski definition) is 6. The SMILES string of the molecule is O=C(NCC1CCCO1)c1cccc(C(=O)N2CCC3(CC2)OCCO3)n1. The Morgan fingerprint density at radius 3 is 2.59 bits per heavy atom. The first-order valence-electron chi connectivity index (χ1n) is 9.59. The van der Waals surface area contributed by atoms with Crippen LogP contribution in [0.4, 0.5) is 0 Å². The van der Waals surface area contributed by atoms with Gasteiger partial charge in [-0.25, -0.2) is 4.98 Å². The number of nitrogens with zero attached hydrogens (tertiary/aromatic N) is 2. The van der Waals surface area contributed by atoms with E-state index in [0.29, 0.717) is 45.7 Å². The number of hydrogen-bond donors (Lipinski definition) is 1. The summed E-state index contributed by atoms with van der Waals surface area (Å²) in [4.78, 5) is 31.1. The maximum absolute atomic E-state index is 12.8. The Kier molecular flexibility index (Phi) is 5.38. The average Bonchev–Trinajstić information content (AvgIpc) is 3.39. The van der Waals surface area contributed by atoms with Crippen LogP contribution in [0.15, 0.2) is 18.2 Å². The summed E-state index contributed by atoms with van der Waals surface area (Å²) in [6.07, 6.45) is 3.35. The molecule has 27 heavy (non-hydrogen) atoms. The molecule has 1 aromatic rings. The number of aromatic nitrogens is 1. The van der Waals surface area contributed by atoms with Crippen LogP contribution >= 0.6 is 0 Å². The van der Waals surface area contributed by atoms with Gasteiger partial charge in [0.25, 0.3) is 11.8 Å². The molecule has 8 heteroatoms. The summed E-state index contributed by atoms with van der Waals surface area (Å²) in [5.41, 5.74) is 0.527. The normalized spacial score (nSPS) is 24.3. The average molecular weight is 375 g/mol. The van der Waals surface area contributed by atoms with Crippen molar-refractivity contribution in [2.45, 2.75) is 37.6 Å². The molecule has 0 radical (unpaired) electrons. The Morgan fingerprint density at radius 1 is 1.15 bits per heavy atom. The van der Waals surface area contributed by atoms with Crippen molar-refractivity contribution in [1.82, 2.24) is 15.2 Å². The zero-order chi connectivity index (χ0) is 18.7. The summed E-state index contributed by atoms with van der Waals surface area (Å²) in [5, 5.41) is 2.84. The Bertz CT molecular complexity index is 688. The van der Waals surface area contributed by atoms with Crippen LogP contribution in [0.2, 0.25) is 0 Å². The van der Waals surface area contributed by atoms with Gasteiger partial charge in [-0.2, -0.15) is 0 Å². The summed E-state index contributed by atoms with van der Waals surface area (Å²) in [7, 11) is 0. The van der Waals surface area contributed by atoms with Crippen LogP contribution in [0.25, 0.3) is 0 Å². The first-order chi connectivity index (χ1) is 13.2. The molecule has 1 spiro atoms. The molecule has 1 N–H and O–H groups in total. The van der Waals surface area contributed by atoms with Crippen molar-refractivity contribution in [2.24, 2.45) is 0 Å². The van der Waals surface area contributed by atoms with Crippen LogP contribution in [0.3, 0.4) is 0 Å². The standard InChI is InChI=1S/C19H25N3O5/c23-17(20-13-14-3-2-10-25-14)15-4-1-5-16(21-15)18(24)22-8-6-19(7-9-22)26-11-12-27-19/h1,4-5,14H,2-3,6-13H2,(H,20,23). The van der Waals surface area contributed by atoms with Gasteiger partial charge in [0, 0.05) is 39.1 Å². The van der Waals surface area contributed by atoms with Gasteiger partial charge in [0.2, 0.25) is 0 Å². The highest BCUT2D eigenvalue weighted by molar-refractivity contribution is 5.96. The second-order valence-electron chi connectivity index (χ2n) is 7.15. The molecule has 3 saturated heterocycles. The molecular weight excluding hydrogens is 350 g/mol. The highest BCUT2D eigenvalue weighted by atomic mass is 16.7. The van der Waals surface area contributed by atoms with Gasteiger partial charge in [0.05, 0.1) is 19.3 Å². The van der Waals surface area contributed by atoms with Gasteiger partial charge >= 0.3 is 0 Å². The number of likely N-dealkylation sites (tertiary alicyclic amines) is 1. The third-order valence-corrected chi connectivity index (χ3v) is 5.34. The van der Waals surface area contributed by atoms with E-state index in [1.165, 1.54) is 0 Å². The summed E-state index contributed by atoms with van der Waals surface area (Å²) >= 11 is 0. The summed E-state index contributed by atoms with van der Waals surface area (Å²) in [6.45, 7) is 3.53. The molecule has 0 aromatic carbocycles. The number of amides is 2. The van der Waals surface area contributed by atoms with E-state index in [9.17, 15) is 9.59 Å². The van der Waals surface area contributed by atoms with E-state index >= 15 is 0 Å². The monoisotopic (exact) mass is 375 g/mol. The third-order valence-electron chi connectivity index (χ3n) is 5.34. The van der Waals surface area contributed by atoms with Crippen molar-refractivity contribution in [3.8, 4) is 0 Å². The molecule has 1 unspecified atom stereocenters. The van der Waals surface area contributed by atoms with Crippen LogP contribution in [-0.4, -0.2) is 73.0 Å². The minimum atomic E-state index is -0.520. The molecule has 0 bridgehead atoms. The first kappa shape index (κ1) is 18.3. The van der Waals surface area contributed by atoms with E-state index in [0.717, 1.165) is 19.4 Å². The van der Waals surface area contributed by atoms with E-state index in [2.05, 4.69) is 10.3 Å². The maximum Gasteiger partial charge on any atom is 0.272 e. The van der Waals surface area contributed by atoms with E-state index in [-0.39, 0.29) is 29.3 Å². The predicted molar refractivity (Wildman–Crippen MR) is 95.3 cm³/mol. The molecule has 1 atom stereocenters. The Balaban J connectivity index is 1.35. The van der Waals surface area contributed by atoms with Gasteiger partial charge in [0.1, 0.15) is 11.4 Å². The van der Waals surface area contributed by atoms with Crippen molar-refractivity contribution in [2.75, 3.05) is 39.5 Å². The zero-order valence-electron chi connectivity index (χ0n) is 15.3. The van der Waals surface area contributed by atoms with Crippen molar-refractivity contribution in [3.63, 3.8) is 0 Å². The topological polar surface area (TPSA) is 90.0 Å². The van der Waals surface area contributed by atoms with Crippen LogP contribution < -0.4 is 5.32 Å². The predicted octanol–water partition coefficient (Wildman–Crippen LogP) is 0.970. The van der Waals surface area contributed by atoms with Gasteiger partial charge in [-0.05, 0) is 25.0 Å². The summed E-state index contributed by atoms with van der Waals surface area (Å²) in [5.74, 6) is -0.976. The minimum Gasteiger partial charge on any atom is -0.376 e. The second kappa shape index (κ2) is 7.92. The molecule has 3 aliphatic heterocycles. The second-order valence-corrected chi connectivity index (χ2v) is 7.15. The summed E-state index contributed by atoms with van der Waals surface area (Å²) in [6, 6.07) is 4.95. The largest absolute Gasteiger partial charge is 0.376 e. The fourth-order valence-electron chi connectivity index (χ4n) is 3.78. The summed E-state index contributed by atoms with van der Waals surface area (Å²) < 4.78 is 16.9. The van der Waals surface area contributed by atoms with Gasteiger partial charge < -0.3 is 24.4 Å². The minimum absolute atomic E-state index is 0.0689. The van der Waals surface area contributed by atoms with Crippen molar-refractivity contribution >= 4 is 11.8 Å². The molecule has 0 saturated carbocycles. The number of rotatable bonds is 4. The fraction of sp³-hybridized carbons (Fsp3) is 0.632. The highest BCUT2D eigenvalue weighted by Crippen LogP contribution is 2.31. The van der Waals surface area contributed by atoms with Crippen molar-refractivity contribution in [1.29, 1.82) is 0 Å². The lowest BCUT2D eigenvalue weighted by Crippen LogP contribution is -2.47. The van der Waals surface area contributed by atoms with Gasteiger partial charge in [0.15, 0.2) is 5.79 Å². The van der Waals surface area contributed by atoms with E-state index in [4.69, 9.17) is 14.2 Å². The molecule has 4 heterocycles. The molecule has 146 valence electrons. The molecule has 3 aliphatic rings. The number of ether oxygens (including phenoxy) is 3. The van der Waals surface area contributed by atoms with Crippen molar-refractivity contribution in [3.05, 3.63) is 29.6 Å². The van der Waals surface area contributed by atoms with Crippen LogP contribution in [0, 0.1) is 0 Å². The Hall–Kier alpha value is -2.03. The lowest BCUT2D eigenvalue weighted by Gasteiger charge is -2.37. The van der Waals surface area contributed by atoms with Gasteiger partial charge in [-0.3, -0.25) is 9.59 Å². The van der Waals surface area contributed by atoms with E-state index < -0.39 is 5.79 Å². The highest BCUT2D eigenvalue weighted by Gasteiger charge is 2.41. The van der Waals surface area contributed by atoms with Crippen LogP contribution in [-0.2, 0) is 14.2 Å². The number of piperidine rings is 1. The van der Waals surface area contributed by atoms with E-state index in [1.807, 2.05) is 0 Å². The van der Waals surface area contributed by atoms with Crippen LogP contribution in [0.5, 0.6) is 0 Å². The Morgan fingerprint density at radius 2 is 1.89 bits per heavy atom. The Labute approximate surface area is 158 Å². The number of carbonyl (C=O) groups is 2. The molecule has 1 aromatic heterocycles. The number of nitrogens with one attached hydrogen (secondary N) is 1. The third kappa shape index (κ3) is 4.12. The smallest absolute Gasteiger partial charge is 0.272 e. The van der Waals surface area contributed by atoms with Gasteiger partial charge in [-0.15, -0.1) is 0 Å².